The number of aliphatic hydroxyl groups excluding tert-OH is 1. The maximum atomic E-state index is 11.7. The van der Waals surface area contributed by atoms with Crippen molar-refractivity contribution in [1.82, 2.24) is 19.7 Å². The van der Waals surface area contributed by atoms with E-state index in [1.54, 1.807) is 10.8 Å². The quantitative estimate of drug-likeness (QED) is 0.879. The molecule has 2 heterocycles. The molecule has 6 nitrogen and oxygen atoms in total. The predicted octanol–water partition coefficient (Wildman–Crippen LogP) is 1.25. The monoisotopic (exact) mass is 278 g/mol. The van der Waals surface area contributed by atoms with E-state index < -0.39 is 0 Å². The number of nitrogens with zero attached hydrogens (tertiary/aromatic N) is 3. The van der Waals surface area contributed by atoms with Crippen LogP contribution < -0.4 is 5.69 Å². The third-order valence-electron chi connectivity index (χ3n) is 3.04. The normalized spacial score (nSPS) is 14.8. The summed E-state index contributed by atoms with van der Waals surface area (Å²) in [7, 11) is 0. The highest BCUT2D eigenvalue weighted by Crippen LogP contribution is 2.37. The van der Waals surface area contributed by atoms with Crippen molar-refractivity contribution in [3.63, 3.8) is 0 Å². The van der Waals surface area contributed by atoms with Gasteiger partial charge in [-0.2, -0.15) is 0 Å². The largest absolute Gasteiger partial charge is 0.392 e. The number of nitrogens with one attached hydrogen (secondary N) is 1. The minimum Gasteiger partial charge on any atom is -0.392 e. The van der Waals surface area contributed by atoms with Crippen LogP contribution in [0.15, 0.2) is 27.2 Å². The lowest BCUT2D eigenvalue weighted by Gasteiger charge is -2.06. The van der Waals surface area contributed by atoms with E-state index in [1.807, 2.05) is 13.0 Å². The minimum absolute atomic E-state index is 0.0199. The summed E-state index contributed by atoms with van der Waals surface area (Å²) in [6.07, 6.45) is 3.70. The van der Waals surface area contributed by atoms with E-state index in [1.165, 1.54) is 11.8 Å². The number of hydrogen-bond acceptors (Lipinski definition) is 5. The van der Waals surface area contributed by atoms with E-state index in [-0.39, 0.29) is 18.3 Å². The maximum absolute atomic E-state index is 11.7. The fraction of sp³-hybridized carbons (Fsp3) is 0.417. The van der Waals surface area contributed by atoms with E-state index in [2.05, 4.69) is 15.2 Å². The summed E-state index contributed by atoms with van der Waals surface area (Å²) >= 11 is 1.38. The lowest BCUT2D eigenvalue weighted by Crippen LogP contribution is -2.16. The van der Waals surface area contributed by atoms with Crippen LogP contribution in [0.4, 0.5) is 0 Å². The molecular weight excluding hydrogens is 264 g/mol. The number of hydrogen-bond donors (Lipinski definition) is 2. The SMILES string of the molecule is Cc1cc(CO)cnc1Sc1n[nH]c(=O)n1C1CC1. The summed E-state index contributed by atoms with van der Waals surface area (Å²) in [6.45, 7) is 1.91. The predicted molar refractivity (Wildman–Crippen MR) is 70.1 cm³/mol. The molecule has 1 aliphatic rings. The van der Waals surface area contributed by atoms with Gasteiger partial charge in [0.05, 0.1) is 6.61 Å². The van der Waals surface area contributed by atoms with Crippen LogP contribution >= 0.6 is 11.8 Å². The third kappa shape index (κ3) is 2.43. The first-order valence-electron chi connectivity index (χ1n) is 6.10. The van der Waals surface area contributed by atoms with Gasteiger partial charge in [-0.1, -0.05) is 0 Å². The Bertz CT molecular complexity index is 660. The van der Waals surface area contributed by atoms with Crippen LogP contribution in [0.5, 0.6) is 0 Å². The fourth-order valence-electron chi connectivity index (χ4n) is 1.92. The van der Waals surface area contributed by atoms with Gasteiger partial charge in [0.2, 0.25) is 0 Å². The molecule has 2 aromatic heterocycles. The van der Waals surface area contributed by atoms with Gasteiger partial charge in [-0.3, -0.25) is 4.57 Å². The van der Waals surface area contributed by atoms with Crippen LogP contribution in [0.2, 0.25) is 0 Å². The molecule has 1 saturated carbocycles. The molecule has 0 spiro atoms. The van der Waals surface area contributed by atoms with E-state index in [0.717, 1.165) is 29.0 Å². The summed E-state index contributed by atoms with van der Waals surface area (Å²) in [5, 5.41) is 17.1. The van der Waals surface area contributed by atoms with Crippen LogP contribution in [-0.2, 0) is 6.61 Å². The van der Waals surface area contributed by atoms with Crippen LogP contribution in [0.1, 0.15) is 30.0 Å². The molecule has 0 amide bonds. The standard InChI is InChI=1S/C12H14N4O2S/c1-7-4-8(6-17)5-13-10(7)19-12-15-14-11(18)16(12)9-2-3-9/h4-5,9,17H,2-3,6H2,1H3,(H,14,18). The molecule has 2 N–H and O–H groups in total. The van der Waals surface area contributed by atoms with Gasteiger partial charge < -0.3 is 5.11 Å². The van der Waals surface area contributed by atoms with Crippen molar-refractivity contribution < 1.29 is 5.11 Å². The zero-order valence-electron chi connectivity index (χ0n) is 10.5. The number of rotatable bonds is 4. The van der Waals surface area contributed by atoms with Crippen molar-refractivity contribution in [3.8, 4) is 0 Å². The summed E-state index contributed by atoms with van der Waals surface area (Å²) in [5.74, 6) is 0. The number of pyridine rings is 1. The molecule has 0 aromatic carbocycles. The van der Waals surface area contributed by atoms with Crippen molar-refractivity contribution in [2.24, 2.45) is 0 Å². The van der Waals surface area contributed by atoms with Crippen LogP contribution in [0.3, 0.4) is 0 Å². The lowest BCUT2D eigenvalue weighted by molar-refractivity contribution is 0.281. The minimum atomic E-state index is -0.158. The Labute approximate surface area is 113 Å². The first-order valence-corrected chi connectivity index (χ1v) is 6.92. The number of aliphatic hydroxyl groups is 1. The van der Waals surface area contributed by atoms with Crippen molar-refractivity contribution in [2.75, 3.05) is 0 Å². The highest BCUT2D eigenvalue weighted by molar-refractivity contribution is 7.99. The Morgan fingerprint density at radius 2 is 2.37 bits per heavy atom. The van der Waals surface area contributed by atoms with E-state index in [0.29, 0.717) is 5.16 Å². The van der Waals surface area contributed by atoms with Gasteiger partial charge in [0.15, 0.2) is 5.16 Å². The summed E-state index contributed by atoms with van der Waals surface area (Å²) in [6, 6.07) is 2.17. The van der Waals surface area contributed by atoms with Crippen molar-refractivity contribution >= 4 is 11.8 Å². The highest BCUT2D eigenvalue weighted by Gasteiger charge is 2.29. The smallest absolute Gasteiger partial charge is 0.344 e. The second kappa shape index (κ2) is 4.82. The van der Waals surface area contributed by atoms with E-state index in [9.17, 15) is 4.79 Å². The Kier molecular flexibility index (Phi) is 3.16. The van der Waals surface area contributed by atoms with Crippen LogP contribution in [0, 0.1) is 6.92 Å². The summed E-state index contributed by atoms with van der Waals surface area (Å²) in [4.78, 5) is 16.0. The molecule has 3 rings (SSSR count). The lowest BCUT2D eigenvalue weighted by atomic mass is 10.2. The van der Waals surface area contributed by atoms with Gasteiger partial charge >= 0.3 is 5.69 Å². The van der Waals surface area contributed by atoms with E-state index >= 15 is 0 Å². The van der Waals surface area contributed by atoms with Gasteiger partial charge in [0.25, 0.3) is 0 Å². The molecule has 0 bridgehead atoms. The average Bonchev–Trinajstić information content (AvgIpc) is 3.17. The first-order chi connectivity index (χ1) is 9.19. The maximum Gasteiger partial charge on any atom is 0.344 e. The van der Waals surface area contributed by atoms with Gasteiger partial charge in [0.1, 0.15) is 5.03 Å². The van der Waals surface area contributed by atoms with Crippen molar-refractivity contribution in [1.29, 1.82) is 0 Å². The van der Waals surface area contributed by atoms with Crippen LogP contribution in [0.25, 0.3) is 0 Å². The zero-order valence-corrected chi connectivity index (χ0v) is 11.3. The van der Waals surface area contributed by atoms with Crippen LogP contribution in [-0.4, -0.2) is 24.9 Å². The summed E-state index contributed by atoms with van der Waals surface area (Å²) < 4.78 is 1.70. The molecule has 1 aliphatic carbocycles. The van der Waals surface area contributed by atoms with Gasteiger partial charge in [0, 0.05) is 12.2 Å². The number of aromatic nitrogens is 4. The Hall–Kier alpha value is -1.60. The Morgan fingerprint density at radius 1 is 1.58 bits per heavy atom. The molecule has 1 fully saturated rings. The third-order valence-corrected chi connectivity index (χ3v) is 4.13. The molecular formula is C12H14N4O2S. The molecule has 2 aromatic rings. The first kappa shape index (κ1) is 12.4. The fourth-order valence-corrected chi connectivity index (χ4v) is 2.84. The van der Waals surface area contributed by atoms with Crippen molar-refractivity contribution in [3.05, 3.63) is 33.9 Å². The summed E-state index contributed by atoms with van der Waals surface area (Å²) in [5.41, 5.74) is 1.59. The van der Waals surface area contributed by atoms with Gasteiger partial charge in [-0.15, -0.1) is 5.10 Å². The van der Waals surface area contributed by atoms with Gasteiger partial charge in [-0.05, 0) is 48.7 Å². The van der Waals surface area contributed by atoms with Gasteiger partial charge in [-0.25, -0.2) is 14.9 Å². The molecule has 0 radical (unpaired) electrons. The molecule has 0 saturated heterocycles. The second-order valence-corrected chi connectivity index (χ2v) is 5.59. The average molecular weight is 278 g/mol. The molecule has 0 unspecified atom stereocenters. The molecule has 100 valence electrons. The molecule has 0 atom stereocenters. The topological polar surface area (TPSA) is 83.8 Å². The van der Waals surface area contributed by atoms with E-state index in [4.69, 9.17) is 5.11 Å². The second-order valence-electron chi connectivity index (χ2n) is 4.64. The molecule has 7 heteroatoms. The molecule has 0 aliphatic heterocycles. The zero-order chi connectivity index (χ0) is 13.4. The molecule has 19 heavy (non-hydrogen) atoms. The number of aryl methyl sites for hydroxylation is 1. The van der Waals surface area contributed by atoms with Crippen molar-refractivity contribution in [2.45, 2.75) is 42.6 Å². The number of aromatic amines is 1. The number of H-pyrrole nitrogens is 1. The Balaban J connectivity index is 1.91. The highest BCUT2D eigenvalue weighted by atomic mass is 32.2. The Morgan fingerprint density at radius 3 is 3.00 bits per heavy atom.